The first-order valence-corrected chi connectivity index (χ1v) is 7.49. The molecule has 0 bridgehead atoms. The van der Waals surface area contributed by atoms with Crippen LogP contribution in [0.25, 0.3) is 0 Å². The van der Waals surface area contributed by atoms with Gasteiger partial charge in [0.15, 0.2) is 5.78 Å². The molecule has 0 radical (unpaired) electrons. The molecule has 0 saturated heterocycles. The first kappa shape index (κ1) is 13.6. The number of aromatic nitrogens is 1. The summed E-state index contributed by atoms with van der Waals surface area (Å²) in [6.45, 7) is 0. The lowest BCUT2D eigenvalue weighted by molar-refractivity contribution is -0.120. The number of pyridine rings is 1. The maximum absolute atomic E-state index is 12.3. The molecule has 5 heteroatoms. The third-order valence-corrected chi connectivity index (χ3v) is 4.19. The van der Waals surface area contributed by atoms with E-state index >= 15 is 0 Å². The number of rotatable bonds is 4. The molecule has 2 saturated carbocycles. The number of ketones is 2. The van der Waals surface area contributed by atoms with Crippen molar-refractivity contribution in [3.8, 4) is 0 Å². The van der Waals surface area contributed by atoms with E-state index in [0.717, 1.165) is 31.4 Å². The Morgan fingerprint density at radius 2 is 1.95 bits per heavy atom. The van der Waals surface area contributed by atoms with Gasteiger partial charge in [0.2, 0.25) is 0 Å². The van der Waals surface area contributed by atoms with Crippen molar-refractivity contribution >= 4 is 28.9 Å². The van der Waals surface area contributed by atoms with E-state index in [1.54, 1.807) is 12.3 Å². The summed E-state index contributed by atoms with van der Waals surface area (Å²) >= 11 is 5.94. The van der Waals surface area contributed by atoms with Gasteiger partial charge in [0.1, 0.15) is 10.9 Å². The Kier molecular flexibility index (Phi) is 3.74. The van der Waals surface area contributed by atoms with Crippen molar-refractivity contribution < 1.29 is 9.59 Å². The summed E-state index contributed by atoms with van der Waals surface area (Å²) in [5.74, 6) is 0.639. The van der Waals surface area contributed by atoms with E-state index < -0.39 is 0 Å². The zero-order valence-electron chi connectivity index (χ0n) is 11.2. The van der Waals surface area contributed by atoms with Gasteiger partial charge in [0.25, 0.3) is 0 Å². The molecule has 1 aromatic rings. The second kappa shape index (κ2) is 5.52. The van der Waals surface area contributed by atoms with Crippen molar-refractivity contribution in [2.75, 3.05) is 5.32 Å². The molecule has 2 aliphatic rings. The third kappa shape index (κ3) is 3.01. The van der Waals surface area contributed by atoms with Gasteiger partial charge in [-0.2, -0.15) is 0 Å². The number of nitrogens with one attached hydrogen (secondary N) is 1. The lowest BCUT2D eigenvalue weighted by Gasteiger charge is -2.24. The molecule has 0 amide bonds. The van der Waals surface area contributed by atoms with Gasteiger partial charge in [-0.25, -0.2) is 4.98 Å². The van der Waals surface area contributed by atoms with Gasteiger partial charge < -0.3 is 5.32 Å². The summed E-state index contributed by atoms with van der Waals surface area (Å²) in [5.41, 5.74) is 1.40. The Morgan fingerprint density at radius 3 is 2.60 bits per heavy atom. The normalized spacial score (nSPS) is 19.9. The maximum atomic E-state index is 12.3. The number of Topliss-reactive ketones (excluding diaryl/α,β-unsaturated/α-hetero) is 2. The lowest BCUT2D eigenvalue weighted by Crippen LogP contribution is -2.27. The van der Waals surface area contributed by atoms with Crippen molar-refractivity contribution in [2.45, 2.75) is 44.6 Å². The summed E-state index contributed by atoms with van der Waals surface area (Å²) < 4.78 is 0. The fraction of sp³-hybridized carbons (Fsp3) is 0.533. The summed E-state index contributed by atoms with van der Waals surface area (Å²) in [6, 6.07) is 1.95. The predicted molar refractivity (Wildman–Crippen MR) is 77.2 cm³/mol. The van der Waals surface area contributed by atoms with E-state index in [2.05, 4.69) is 10.3 Å². The third-order valence-electron chi connectivity index (χ3n) is 3.99. The molecule has 0 unspecified atom stereocenters. The number of hydrogen-bond donors (Lipinski definition) is 1. The summed E-state index contributed by atoms with van der Waals surface area (Å²) in [4.78, 5) is 27.6. The predicted octanol–water partition coefficient (Wildman–Crippen LogP) is 3.25. The Morgan fingerprint density at radius 1 is 1.25 bits per heavy atom. The van der Waals surface area contributed by atoms with Crippen LogP contribution in [0.2, 0.25) is 5.15 Å². The van der Waals surface area contributed by atoms with Gasteiger partial charge in [-0.05, 0) is 31.7 Å². The van der Waals surface area contributed by atoms with Crippen molar-refractivity contribution in [3.05, 3.63) is 23.0 Å². The first-order valence-electron chi connectivity index (χ1n) is 7.11. The highest BCUT2D eigenvalue weighted by molar-refractivity contribution is 6.29. The maximum Gasteiger partial charge on any atom is 0.169 e. The molecule has 0 spiro atoms. The second-order valence-corrected chi connectivity index (χ2v) is 6.04. The minimum atomic E-state index is 0.156. The van der Waals surface area contributed by atoms with Crippen LogP contribution in [-0.4, -0.2) is 22.6 Å². The van der Waals surface area contributed by atoms with Crippen LogP contribution in [0.15, 0.2) is 12.3 Å². The second-order valence-electron chi connectivity index (χ2n) is 5.65. The van der Waals surface area contributed by atoms with E-state index in [1.165, 1.54) is 0 Å². The van der Waals surface area contributed by atoms with Crippen LogP contribution in [0.1, 0.15) is 48.9 Å². The van der Waals surface area contributed by atoms with E-state index in [9.17, 15) is 9.59 Å². The topological polar surface area (TPSA) is 59.1 Å². The Bertz CT molecular complexity index is 545. The fourth-order valence-corrected chi connectivity index (χ4v) is 2.77. The highest BCUT2D eigenvalue weighted by Crippen LogP contribution is 2.35. The van der Waals surface area contributed by atoms with Crippen LogP contribution in [-0.2, 0) is 4.79 Å². The Labute approximate surface area is 122 Å². The van der Waals surface area contributed by atoms with E-state index in [0.29, 0.717) is 29.3 Å². The van der Waals surface area contributed by atoms with Crippen molar-refractivity contribution in [2.24, 2.45) is 5.92 Å². The zero-order valence-corrected chi connectivity index (χ0v) is 11.9. The van der Waals surface area contributed by atoms with Gasteiger partial charge in [-0.1, -0.05) is 11.6 Å². The average molecular weight is 293 g/mol. The van der Waals surface area contributed by atoms with E-state index in [-0.39, 0.29) is 17.7 Å². The summed E-state index contributed by atoms with van der Waals surface area (Å²) in [6.07, 6.45) is 6.37. The van der Waals surface area contributed by atoms with Gasteiger partial charge >= 0.3 is 0 Å². The Hall–Kier alpha value is -1.42. The molecule has 106 valence electrons. The largest absolute Gasteiger partial charge is 0.382 e. The fourth-order valence-electron chi connectivity index (χ4n) is 2.62. The highest BCUT2D eigenvalue weighted by atomic mass is 35.5. The number of hydrogen-bond acceptors (Lipinski definition) is 4. The number of carbonyl (C=O) groups excluding carboxylic acids is 2. The molecule has 1 heterocycles. The minimum absolute atomic E-state index is 0.156. The van der Waals surface area contributed by atoms with Crippen LogP contribution in [0, 0.1) is 5.92 Å². The highest BCUT2D eigenvalue weighted by Gasteiger charge is 2.32. The molecular formula is C15H17ClN2O2. The smallest absolute Gasteiger partial charge is 0.169 e. The molecule has 2 fully saturated rings. The van der Waals surface area contributed by atoms with Crippen molar-refractivity contribution in [1.82, 2.24) is 4.98 Å². The molecule has 2 aliphatic carbocycles. The van der Waals surface area contributed by atoms with E-state index in [4.69, 9.17) is 11.6 Å². The zero-order chi connectivity index (χ0) is 14.1. The molecule has 1 aromatic heterocycles. The molecule has 20 heavy (non-hydrogen) atoms. The van der Waals surface area contributed by atoms with Gasteiger partial charge in [-0.3, -0.25) is 9.59 Å². The minimum Gasteiger partial charge on any atom is -0.382 e. The quantitative estimate of drug-likeness (QED) is 0.683. The lowest BCUT2D eigenvalue weighted by atomic mass is 9.94. The Balaban J connectivity index is 1.78. The number of anilines is 1. The molecule has 0 aliphatic heterocycles. The van der Waals surface area contributed by atoms with Crippen LogP contribution >= 0.6 is 11.6 Å². The molecule has 1 N–H and O–H groups in total. The summed E-state index contributed by atoms with van der Waals surface area (Å²) in [7, 11) is 0. The summed E-state index contributed by atoms with van der Waals surface area (Å²) in [5, 5.41) is 3.76. The average Bonchev–Trinajstić information content (AvgIpc) is 3.25. The monoisotopic (exact) mass is 292 g/mol. The molecule has 0 aromatic carbocycles. The van der Waals surface area contributed by atoms with Crippen LogP contribution in [0.4, 0.5) is 5.69 Å². The molecular weight excluding hydrogens is 276 g/mol. The number of carbonyl (C=O) groups is 2. The van der Waals surface area contributed by atoms with Crippen molar-refractivity contribution in [1.29, 1.82) is 0 Å². The molecule has 0 atom stereocenters. The standard InChI is InChI=1S/C15H17ClN2O2/c16-14-7-13(18-10-3-5-11(19)6-4-10)12(8-17-14)15(20)9-1-2-9/h7-10H,1-6H2,(H,17,18). The van der Waals surface area contributed by atoms with Crippen LogP contribution < -0.4 is 5.32 Å². The van der Waals surface area contributed by atoms with Gasteiger partial charge in [0, 0.05) is 36.7 Å². The first-order chi connectivity index (χ1) is 9.63. The van der Waals surface area contributed by atoms with E-state index in [1.807, 2.05) is 0 Å². The SMILES string of the molecule is O=C1CCC(Nc2cc(Cl)ncc2C(=O)C2CC2)CC1. The van der Waals surface area contributed by atoms with Gasteiger partial charge in [0.05, 0.1) is 5.56 Å². The van der Waals surface area contributed by atoms with Crippen molar-refractivity contribution in [3.63, 3.8) is 0 Å². The van der Waals surface area contributed by atoms with Crippen LogP contribution in [0.3, 0.4) is 0 Å². The van der Waals surface area contributed by atoms with Gasteiger partial charge in [-0.15, -0.1) is 0 Å². The molecule has 3 rings (SSSR count). The number of nitrogens with zero attached hydrogens (tertiary/aromatic N) is 1. The van der Waals surface area contributed by atoms with Crippen LogP contribution in [0.5, 0.6) is 0 Å². The number of halogens is 1. The molecule has 4 nitrogen and oxygen atoms in total.